The van der Waals surface area contributed by atoms with Gasteiger partial charge < -0.3 is 10.1 Å². The minimum absolute atomic E-state index is 0.246. The van der Waals surface area contributed by atoms with Gasteiger partial charge in [0, 0.05) is 31.6 Å². The number of benzene rings is 2. The SMILES string of the molecule is Cc1cccc(-c2ccc3c(NC(=O)NCCN4CCOCC4)n[nH]c3c2)c1. The van der Waals surface area contributed by atoms with Crippen molar-refractivity contribution >= 4 is 22.8 Å². The van der Waals surface area contributed by atoms with Crippen LogP contribution in [0.25, 0.3) is 22.0 Å². The summed E-state index contributed by atoms with van der Waals surface area (Å²) in [5.74, 6) is 0.537. The molecule has 0 spiro atoms. The third kappa shape index (κ3) is 4.32. The first-order valence-electron chi connectivity index (χ1n) is 9.59. The van der Waals surface area contributed by atoms with Crippen molar-refractivity contribution in [1.82, 2.24) is 20.4 Å². The Labute approximate surface area is 164 Å². The molecule has 2 aromatic carbocycles. The zero-order valence-electron chi connectivity index (χ0n) is 16.0. The number of urea groups is 1. The van der Waals surface area contributed by atoms with E-state index in [4.69, 9.17) is 4.74 Å². The molecule has 3 aromatic rings. The maximum Gasteiger partial charge on any atom is 0.320 e. The van der Waals surface area contributed by atoms with Crippen LogP contribution < -0.4 is 10.6 Å². The molecule has 0 atom stereocenters. The number of aryl methyl sites for hydroxylation is 1. The average Bonchev–Trinajstić information content (AvgIpc) is 3.11. The number of nitrogens with one attached hydrogen (secondary N) is 3. The number of nitrogens with zero attached hydrogens (tertiary/aromatic N) is 2. The van der Waals surface area contributed by atoms with Crippen LogP contribution in [0.4, 0.5) is 10.6 Å². The molecule has 2 amide bonds. The highest BCUT2D eigenvalue weighted by Gasteiger charge is 2.12. The molecule has 0 aliphatic carbocycles. The maximum atomic E-state index is 12.2. The number of ether oxygens (including phenoxy) is 1. The predicted octanol–water partition coefficient (Wildman–Crippen LogP) is 2.99. The number of fused-ring (bicyclic) bond motifs is 1. The molecule has 1 aliphatic rings. The van der Waals surface area contributed by atoms with Crippen LogP contribution in [-0.2, 0) is 4.74 Å². The van der Waals surface area contributed by atoms with Crippen LogP contribution in [0, 0.1) is 6.92 Å². The first-order chi connectivity index (χ1) is 13.7. The highest BCUT2D eigenvalue weighted by molar-refractivity contribution is 6.00. The van der Waals surface area contributed by atoms with Crippen molar-refractivity contribution in [3.63, 3.8) is 0 Å². The maximum absolute atomic E-state index is 12.2. The van der Waals surface area contributed by atoms with E-state index < -0.39 is 0 Å². The molecule has 3 N–H and O–H groups in total. The van der Waals surface area contributed by atoms with Crippen molar-refractivity contribution in [1.29, 1.82) is 0 Å². The lowest BCUT2D eigenvalue weighted by Crippen LogP contribution is -2.42. The van der Waals surface area contributed by atoms with Gasteiger partial charge in [-0.05, 0) is 30.2 Å². The average molecular weight is 379 g/mol. The fraction of sp³-hybridized carbons (Fsp3) is 0.333. The second kappa shape index (κ2) is 8.41. The van der Waals surface area contributed by atoms with Crippen molar-refractivity contribution in [2.24, 2.45) is 0 Å². The molecule has 7 heteroatoms. The molecule has 0 bridgehead atoms. The van der Waals surface area contributed by atoms with Gasteiger partial charge in [0.15, 0.2) is 5.82 Å². The van der Waals surface area contributed by atoms with Gasteiger partial charge in [-0.1, -0.05) is 35.9 Å². The van der Waals surface area contributed by atoms with Crippen molar-refractivity contribution < 1.29 is 9.53 Å². The summed E-state index contributed by atoms with van der Waals surface area (Å²) in [6, 6.07) is 14.2. The highest BCUT2D eigenvalue weighted by atomic mass is 16.5. The largest absolute Gasteiger partial charge is 0.379 e. The molecule has 7 nitrogen and oxygen atoms in total. The summed E-state index contributed by atoms with van der Waals surface area (Å²) in [6.45, 7) is 6.83. The predicted molar refractivity (Wildman–Crippen MR) is 111 cm³/mol. The lowest BCUT2D eigenvalue weighted by Gasteiger charge is -2.26. The molecule has 4 rings (SSSR count). The second-order valence-electron chi connectivity index (χ2n) is 7.04. The van der Waals surface area contributed by atoms with Gasteiger partial charge >= 0.3 is 6.03 Å². The summed E-state index contributed by atoms with van der Waals surface area (Å²) >= 11 is 0. The van der Waals surface area contributed by atoms with E-state index >= 15 is 0 Å². The van der Waals surface area contributed by atoms with Crippen molar-refractivity contribution in [3.8, 4) is 11.1 Å². The van der Waals surface area contributed by atoms with E-state index in [1.54, 1.807) is 0 Å². The van der Waals surface area contributed by atoms with Gasteiger partial charge in [0.05, 0.1) is 18.7 Å². The van der Waals surface area contributed by atoms with Gasteiger partial charge in [0.25, 0.3) is 0 Å². The summed E-state index contributed by atoms with van der Waals surface area (Å²) in [5.41, 5.74) is 4.38. The Morgan fingerprint density at radius 3 is 2.82 bits per heavy atom. The molecule has 146 valence electrons. The van der Waals surface area contributed by atoms with Gasteiger partial charge in [-0.2, -0.15) is 5.10 Å². The van der Waals surface area contributed by atoms with E-state index in [1.807, 2.05) is 12.1 Å². The van der Waals surface area contributed by atoms with Crippen LogP contribution in [0.15, 0.2) is 42.5 Å². The number of carbonyl (C=O) groups excluding carboxylic acids is 1. The quantitative estimate of drug-likeness (QED) is 0.636. The minimum atomic E-state index is -0.246. The number of aromatic nitrogens is 2. The van der Waals surface area contributed by atoms with E-state index in [2.05, 4.69) is 63.0 Å². The van der Waals surface area contributed by atoms with E-state index in [1.165, 1.54) is 5.56 Å². The first-order valence-corrected chi connectivity index (χ1v) is 9.59. The molecule has 28 heavy (non-hydrogen) atoms. The third-order valence-corrected chi connectivity index (χ3v) is 4.96. The Morgan fingerprint density at radius 1 is 1.18 bits per heavy atom. The summed E-state index contributed by atoms with van der Waals surface area (Å²) in [7, 11) is 0. The number of carbonyl (C=O) groups is 1. The molecule has 1 aliphatic heterocycles. The summed E-state index contributed by atoms with van der Waals surface area (Å²) in [6.07, 6.45) is 0. The van der Waals surface area contributed by atoms with Gasteiger partial charge in [-0.15, -0.1) is 0 Å². The molecule has 0 radical (unpaired) electrons. The number of anilines is 1. The van der Waals surface area contributed by atoms with E-state index in [0.29, 0.717) is 12.4 Å². The molecule has 0 saturated carbocycles. The Morgan fingerprint density at radius 2 is 2.00 bits per heavy atom. The van der Waals surface area contributed by atoms with Crippen molar-refractivity contribution in [3.05, 3.63) is 48.0 Å². The van der Waals surface area contributed by atoms with E-state index in [-0.39, 0.29) is 6.03 Å². The van der Waals surface area contributed by atoms with Crippen LogP contribution in [0.5, 0.6) is 0 Å². The van der Waals surface area contributed by atoms with Gasteiger partial charge in [-0.3, -0.25) is 15.3 Å². The van der Waals surface area contributed by atoms with Crippen LogP contribution in [-0.4, -0.2) is 60.5 Å². The molecule has 1 saturated heterocycles. The normalized spacial score (nSPS) is 14.9. The summed E-state index contributed by atoms with van der Waals surface area (Å²) < 4.78 is 5.33. The number of amides is 2. The molecule has 2 heterocycles. The monoisotopic (exact) mass is 379 g/mol. The molecular formula is C21H25N5O2. The Kier molecular flexibility index (Phi) is 5.55. The zero-order valence-corrected chi connectivity index (χ0v) is 16.0. The number of H-pyrrole nitrogens is 1. The summed E-state index contributed by atoms with van der Waals surface area (Å²) in [5, 5.41) is 13.9. The van der Waals surface area contributed by atoms with E-state index in [0.717, 1.165) is 54.9 Å². The first kappa shape index (κ1) is 18.5. The highest BCUT2D eigenvalue weighted by Crippen LogP contribution is 2.27. The van der Waals surface area contributed by atoms with Crippen LogP contribution in [0.3, 0.4) is 0 Å². The standard InChI is InChI=1S/C21H25N5O2/c1-15-3-2-4-16(13-15)17-5-6-18-19(14-17)24-25-20(18)23-21(27)22-7-8-26-9-11-28-12-10-26/h2-6,13-14H,7-12H2,1H3,(H3,22,23,24,25,27). The van der Waals surface area contributed by atoms with Gasteiger partial charge in [0.2, 0.25) is 0 Å². The number of rotatable bonds is 5. The number of hydrogen-bond donors (Lipinski definition) is 3. The smallest absolute Gasteiger partial charge is 0.320 e. The van der Waals surface area contributed by atoms with Crippen LogP contribution >= 0.6 is 0 Å². The fourth-order valence-corrected chi connectivity index (χ4v) is 3.42. The number of morpholine rings is 1. The Bertz CT molecular complexity index is 962. The van der Waals surface area contributed by atoms with Gasteiger partial charge in [-0.25, -0.2) is 4.79 Å². The number of hydrogen-bond acceptors (Lipinski definition) is 4. The fourth-order valence-electron chi connectivity index (χ4n) is 3.42. The minimum Gasteiger partial charge on any atom is -0.379 e. The molecule has 0 unspecified atom stereocenters. The van der Waals surface area contributed by atoms with Crippen molar-refractivity contribution in [2.45, 2.75) is 6.92 Å². The Hall–Kier alpha value is -2.90. The molecular weight excluding hydrogens is 354 g/mol. The molecule has 1 aromatic heterocycles. The second-order valence-corrected chi connectivity index (χ2v) is 7.04. The summed E-state index contributed by atoms with van der Waals surface area (Å²) in [4.78, 5) is 14.5. The number of aromatic amines is 1. The lowest BCUT2D eigenvalue weighted by atomic mass is 10.0. The van der Waals surface area contributed by atoms with Crippen LogP contribution in [0.1, 0.15) is 5.56 Å². The zero-order chi connectivity index (χ0) is 19.3. The third-order valence-electron chi connectivity index (χ3n) is 4.96. The van der Waals surface area contributed by atoms with Crippen molar-refractivity contribution in [2.75, 3.05) is 44.7 Å². The molecule has 1 fully saturated rings. The Balaban J connectivity index is 1.38. The van der Waals surface area contributed by atoms with Gasteiger partial charge in [0.1, 0.15) is 0 Å². The lowest BCUT2D eigenvalue weighted by molar-refractivity contribution is 0.0388. The van der Waals surface area contributed by atoms with Crippen LogP contribution in [0.2, 0.25) is 0 Å². The topological polar surface area (TPSA) is 82.3 Å². The van der Waals surface area contributed by atoms with E-state index in [9.17, 15) is 4.79 Å².